The lowest BCUT2D eigenvalue weighted by Crippen LogP contribution is -2.46. The van der Waals surface area contributed by atoms with Crippen LogP contribution in [0.4, 0.5) is 0 Å². The Morgan fingerprint density at radius 2 is 1.15 bits per heavy atom. The molecule has 0 aromatic heterocycles. The number of piperazine rings is 1. The van der Waals surface area contributed by atoms with Gasteiger partial charge in [-0.1, -0.05) is 103 Å². The summed E-state index contributed by atoms with van der Waals surface area (Å²) < 4.78 is 4.77. The van der Waals surface area contributed by atoms with Crippen molar-refractivity contribution in [3.8, 4) is 0 Å². The smallest absolute Gasteiger partial charge is 0.337 e. The number of esters is 1. The number of benzene rings is 1. The van der Waals surface area contributed by atoms with Gasteiger partial charge in [0.2, 0.25) is 0 Å². The minimum Gasteiger partial charge on any atom is -0.465 e. The molecule has 188 valence electrons. The van der Waals surface area contributed by atoms with Gasteiger partial charge in [0.05, 0.1) is 12.7 Å². The van der Waals surface area contributed by atoms with E-state index >= 15 is 0 Å². The normalized spacial score (nSPS) is 15.1. The molecule has 1 saturated heterocycles. The average molecular weight is 459 g/mol. The lowest BCUT2D eigenvalue weighted by molar-refractivity contribution is 0.0600. The summed E-state index contributed by atoms with van der Waals surface area (Å²) in [5, 5.41) is 0. The van der Waals surface area contributed by atoms with E-state index in [0.29, 0.717) is 5.56 Å². The molecule has 1 heterocycles. The molecular weight excluding hydrogens is 408 g/mol. The summed E-state index contributed by atoms with van der Waals surface area (Å²) in [7, 11) is 1.43. The van der Waals surface area contributed by atoms with Crippen molar-refractivity contribution in [3.05, 3.63) is 35.4 Å². The number of ether oxygens (including phenoxy) is 1. The van der Waals surface area contributed by atoms with Crippen LogP contribution < -0.4 is 0 Å². The molecule has 0 radical (unpaired) electrons. The Labute approximate surface area is 204 Å². The van der Waals surface area contributed by atoms with E-state index in [-0.39, 0.29) is 5.97 Å². The van der Waals surface area contributed by atoms with Crippen LogP contribution in [0.5, 0.6) is 0 Å². The number of unbranched alkanes of at least 4 members (excludes halogenated alkanes) is 13. The number of rotatable bonds is 18. The van der Waals surface area contributed by atoms with E-state index in [0.717, 1.165) is 19.6 Å². The van der Waals surface area contributed by atoms with Crippen molar-refractivity contribution in [1.29, 1.82) is 0 Å². The highest BCUT2D eigenvalue weighted by molar-refractivity contribution is 5.89. The van der Waals surface area contributed by atoms with Crippen molar-refractivity contribution in [3.63, 3.8) is 0 Å². The number of nitrogens with zero attached hydrogens (tertiary/aromatic N) is 2. The molecule has 0 N–H and O–H groups in total. The first-order valence-electron chi connectivity index (χ1n) is 13.8. The molecule has 0 amide bonds. The van der Waals surface area contributed by atoms with E-state index in [1.807, 2.05) is 24.3 Å². The SMILES string of the molecule is CCCCCCCCCCCCCCCCN1CCN(Cc2ccc(C(=O)OC)cc2)CC1. The van der Waals surface area contributed by atoms with E-state index in [1.54, 1.807) is 0 Å². The first-order chi connectivity index (χ1) is 16.2. The van der Waals surface area contributed by atoms with Gasteiger partial charge < -0.3 is 9.64 Å². The van der Waals surface area contributed by atoms with Crippen molar-refractivity contribution in [1.82, 2.24) is 9.80 Å². The topological polar surface area (TPSA) is 32.8 Å². The van der Waals surface area contributed by atoms with Gasteiger partial charge in [0, 0.05) is 32.7 Å². The van der Waals surface area contributed by atoms with E-state index in [4.69, 9.17) is 4.74 Å². The van der Waals surface area contributed by atoms with Crippen molar-refractivity contribution < 1.29 is 9.53 Å². The fraction of sp³-hybridized carbons (Fsp3) is 0.759. The summed E-state index contributed by atoms with van der Waals surface area (Å²) in [6.07, 6.45) is 20.0. The van der Waals surface area contributed by atoms with Gasteiger partial charge in [0.1, 0.15) is 0 Å². The molecule has 1 aromatic rings. The van der Waals surface area contributed by atoms with E-state index in [9.17, 15) is 4.79 Å². The van der Waals surface area contributed by atoms with Crippen molar-refractivity contribution in [2.24, 2.45) is 0 Å². The van der Waals surface area contributed by atoms with Crippen LogP contribution in [0.2, 0.25) is 0 Å². The molecule has 1 aliphatic heterocycles. The Balaban J connectivity index is 1.40. The standard InChI is InChI=1S/C29H50N2O2/c1-3-4-5-6-7-8-9-10-11-12-13-14-15-16-21-30-22-24-31(25-23-30)26-27-17-19-28(20-18-27)29(32)33-2/h17-20H,3-16,21-26H2,1-2H3. The zero-order valence-electron chi connectivity index (χ0n) is 21.7. The second-order valence-electron chi connectivity index (χ2n) is 9.90. The van der Waals surface area contributed by atoms with E-state index in [2.05, 4.69) is 16.7 Å². The maximum atomic E-state index is 11.6. The molecule has 1 aromatic carbocycles. The zero-order valence-corrected chi connectivity index (χ0v) is 21.7. The third-order valence-electron chi connectivity index (χ3n) is 7.07. The first kappa shape index (κ1) is 27.9. The Hall–Kier alpha value is -1.39. The maximum absolute atomic E-state index is 11.6. The molecule has 0 bridgehead atoms. The van der Waals surface area contributed by atoms with Crippen LogP contribution in [0, 0.1) is 0 Å². The minimum absolute atomic E-state index is 0.265. The summed E-state index contributed by atoms with van der Waals surface area (Å²) in [4.78, 5) is 16.7. The Bertz CT molecular complexity index is 609. The molecule has 0 atom stereocenters. The summed E-state index contributed by atoms with van der Waals surface area (Å²) in [6.45, 7) is 9.15. The van der Waals surface area contributed by atoms with Gasteiger partial charge in [-0.15, -0.1) is 0 Å². The zero-order chi connectivity index (χ0) is 23.6. The van der Waals surface area contributed by atoms with Crippen LogP contribution >= 0.6 is 0 Å². The number of carbonyl (C=O) groups is 1. The predicted octanol–water partition coefficient (Wildman–Crippen LogP) is 7.07. The molecule has 0 spiro atoms. The Morgan fingerprint density at radius 1 is 0.697 bits per heavy atom. The lowest BCUT2D eigenvalue weighted by Gasteiger charge is -2.34. The quantitative estimate of drug-likeness (QED) is 0.174. The van der Waals surface area contributed by atoms with Gasteiger partial charge in [-0.05, 0) is 30.7 Å². The van der Waals surface area contributed by atoms with Crippen molar-refractivity contribution in [2.45, 2.75) is 103 Å². The monoisotopic (exact) mass is 458 g/mol. The van der Waals surface area contributed by atoms with E-state index in [1.165, 1.54) is 122 Å². The number of hydrogen-bond donors (Lipinski definition) is 0. The highest BCUT2D eigenvalue weighted by Gasteiger charge is 2.16. The fourth-order valence-corrected chi connectivity index (χ4v) is 4.82. The van der Waals surface area contributed by atoms with Crippen LogP contribution in [0.3, 0.4) is 0 Å². The highest BCUT2D eigenvalue weighted by atomic mass is 16.5. The minimum atomic E-state index is -0.265. The number of hydrogen-bond acceptors (Lipinski definition) is 4. The molecule has 33 heavy (non-hydrogen) atoms. The Kier molecular flexibility index (Phi) is 15.2. The summed E-state index contributed by atoms with van der Waals surface area (Å²) in [5.41, 5.74) is 1.89. The van der Waals surface area contributed by atoms with Gasteiger partial charge in [-0.25, -0.2) is 4.79 Å². The molecule has 4 heteroatoms. The van der Waals surface area contributed by atoms with Gasteiger partial charge in [0.15, 0.2) is 0 Å². The number of carbonyl (C=O) groups excluding carboxylic acids is 1. The molecule has 4 nitrogen and oxygen atoms in total. The first-order valence-corrected chi connectivity index (χ1v) is 13.8. The van der Waals surface area contributed by atoms with Gasteiger partial charge in [-0.2, -0.15) is 0 Å². The summed E-state index contributed by atoms with van der Waals surface area (Å²) >= 11 is 0. The molecule has 1 fully saturated rings. The van der Waals surface area contributed by atoms with Crippen molar-refractivity contribution >= 4 is 5.97 Å². The van der Waals surface area contributed by atoms with Crippen LogP contribution in [0.1, 0.15) is 113 Å². The highest BCUT2D eigenvalue weighted by Crippen LogP contribution is 2.14. The predicted molar refractivity (Wildman–Crippen MR) is 140 cm³/mol. The third kappa shape index (κ3) is 12.6. The van der Waals surface area contributed by atoms with Gasteiger partial charge in [-0.3, -0.25) is 4.90 Å². The van der Waals surface area contributed by atoms with Crippen molar-refractivity contribution in [2.75, 3.05) is 39.8 Å². The van der Waals surface area contributed by atoms with Crippen LogP contribution in [-0.4, -0.2) is 55.6 Å². The summed E-state index contributed by atoms with van der Waals surface area (Å²) in [5.74, 6) is -0.265. The molecule has 0 saturated carbocycles. The number of methoxy groups -OCH3 is 1. The van der Waals surface area contributed by atoms with Crippen LogP contribution in [-0.2, 0) is 11.3 Å². The fourth-order valence-electron chi connectivity index (χ4n) is 4.82. The molecule has 0 unspecified atom stereocenters. The second kappa shape index (κ2) is 18.0. The second-order valence-corrected chi connectivity index (χ2v) is 9.90. The molecule has 0 aliphatic carbocycles. The largest absolute Gasteiger partial charge is 0.465 e. The Morgan fingerprint density at radius 3 is 1.64 bits per heavy atom. The molecule has 2 rings (SSSR count). The molecule has 1 aliphatic rings. The van der Waals surface area contributed by atoms with Crippen LogP contribution in [0.25, 0.3) is 0 Å². The lowest BCUT2D eigenvalue weighted by atomic mass is 10.0. The van der Waals surface area contributed by atoms with E-state index < -0.39 is 0 Å². The summed E-state index contributed by atoms with van der Waals surface area (Å²) in [6, 6.07) is 7.83. The average Bonchev–Trinajstić information content (AvgIpc) is 2.85. The maximum Gasteiger partial charge on any atom is 0.337 e. The third-order valence-corrected chi connectivity index (χ3v) is 7.07. The van der Waals surface area contributed by atoms with Gasteiger partial charge >= 0.3 is 5.97 Å². The van der Waals surface area contributed by atoms with Gasteiger partial charge in [0.25, 0.3) is 0 Å². The molecular formula is C29H50N2O2. The van der Waals surface area contributed by atoms with Crippen LogP contribution in [0.15, 0.2) is 24.3 Å².